The van der Waals surface area contributed by atoms with Crippen LogP contribution in [0.15, 0.2) is 60.2 Å². The summed E-state index contributed by atoms with van der Waals surface area (Å²) in [7, 11) is 4.35. The molecular formula is C29H28ClNO7. The van der Waals surface area contributed by atoms with E-state index in [-0.39, 0.29) is 27.7 Å². The van der Waals surface area contributed by atoms with Gasteiger partial charge in [-0.3, -0.25) is 14.5 Å². The first-order valence-electron chi connectivity index (χ1n) is 11.9. The Morgan fingerprint density at radius 1 is 0.921 bits per heavy atom. The highest BCUT2D eigenvalue weighted by molar-refractivity contribution is 6.51. The fraction of sp³-hybridized carbons (Fsp3) is 0.241. The quantitative estimate of drug-likeness (QED) is 0.224. The number of hydrogen-bond donors (Lipinski definition) is 1. The van der Waals surface area contributed by atoms with Gasteiger partial charge in [-0.2, -0.15) is 0 Å². The first kappa shape index (κ1) is 26.9. The largest absolute Gasteiger partial charge is 0.507 e. The summed E-state index contributed by atoms with van der Waals surface area (Å²) in [5.74, 6) is -0.657. The lowest BCUT2D eigenvalue weighted by Gasteiger charge is -2.26. The van der Waals surface area contributed by atoms with Gasteiger partial charge < -0.3 is 24.1 Å². The third-order valence-electron chi connectivity index (χ3n) is 6.26. The van der Waals surface area contributed by atoms with Gasteiger partial charge >= 0.3 is 0 Å². The Bertz CT molecular complexity index is 1430. The van der Waals surface area contributed by atoms with Crippen molar-refractivity contribution in [1.82, 2.24) is 0 Å². The summed E-state index contributed by atoms with van der Waals surface area (Å²) in [6.07, 6.45) is 0. The molecule has 9 heteroatoms. The molecule has 1 heterocycles. The molecule has 198 valence electrons. The van der Waals surface area contributed by atoms with Crippen LogP contribution in [0.25, 0.3) is 5.76 Å². The van der Waals surface area contributed by atoms with Crippen LogP contribution in [0.3, 0.4) is 0 Å². The summed E-state index contributed by atoms with van der Waals surface area (Å²) in [5, 5.41) is 11.9. The van der Waals surface area contributed by atoms with Gasteiger partial charge in [-0.1, -0.05) is 29.8 Å². The van der Waals surface area contributed by atoms with E-state index < -0.39 is 23.5 Å². The molecule has 4 rings (SSSR count). The van der Waals surface area contributed by atoms with E-state index in [1.54, 1.807) is 36.4 Å². The van der Waals surface area contributed by atoms with E-state index >= 15 is 0 Å². The third-order valence-corrected chi connectivity index (χ3v) is 6.55. The van der Waals surface area contributed by atoms with Crippen molar-refractivity contribution in [3.63, 3.8) is 0 Å². The Labute approximate surface area is 225 Å². The number of carbonyl (C=O) groups is 2. The van der Waals surface area contributed by atoms with Crippen LogP contribution in [0.1, 0.15) is 29.7 Å². The van der Waals surface area contributed by atoms with E-state index in [4.69, 9.17) is 30.5 Å². The number of aryl methyl sites for hydroxylation is 1. The van der Waals surface area contributed by atoms with E-state index in [1.807, 2.05) is 19.9 Å². The molecule has 1 aliphatic rings. The fourth-order valence-electron chi connectivity index (χ4n) is 4.51. The number of Topliss-reactive ketones (excluding diaryl/α,β-unsaturated/α-hetero) is 1. The van der Waals surface area contributed by atoms with E-state index in [9.17, 15) is 14.7 Å². The number of ether oxygens (including phenoxy) is 4. The van der Waals surface area contributed by atoms with Gasteiger partial charge in [-0.15, -0.1) is 0 Å². The van der Waals surface area contributed by atoms with Crippen molar-refractivity contribution in [2.24, 2.45) is 0 Å². The molecule has 0 bridgehead atoms. The number of hydrogen-bond acceptors (Lipinski definition) is 7. The van der Waals surface area contributed by atoms with Crippen LogP contribution in [0.2, 0.25) is 5.02 Å². The van der Waals surface area contributed by atoms with Crippen molar-refractivity contribution >= 4 is 34.7 Å². The van der Waals surface area contributed by atoms with Crippen LogP contribution in [-0.2, 0) is 9.59 Å². The zero-order chi connectivity index (χ0) is 27.6. The van der Waals surface area contributed by atoms with Gasteiger partial charge in [0.2, 0.25) is 0 Å². The van der Waals surface area contributed by atoms with Crippen molar-refractivity contribution in [3.8, 4) is 23.0 Å². The van der Waals surface area contributed by atoms with Crippen molar-refractivity contribution in [1.29, 1.82) is 0 Å². The molecule has 1 unspecified atom stereocenters. The molecule has 1 amide bonds. The van der Waals surface area contributed by atoms with Crippen LogP contribution in [-0.4, -0.2) is 44.7 Å². The number of methoxy groups -OCH3 is 3. The molecule has 1 fully saturated rings. The van der Waals surface area contributed by atoms with E-state index in [0.29, 0.717) is 29.4 Å². The minimum absolute atomic E-state index is 0.120. The zero-order valence-electron chi connectivity index (χ0n) is 21.7. The van der Waals surface area contributed by atoms with Gasteiger partial charge in [0.1, 0.15) is 17.3 Å². The molecule has 0 spiro atoms. The van der Waals surface area contributed by atoms with Gasteiger partial charge in [0.05, 0.1) is 50.1 Å². The number of anilines is 1. The predicted molar refractivity (Wildman–Crippen MR) is 145 cm³/mol. The Balaban J connectivity index is 2.01. The second-order valence-corrected chi connectivity index (χ2v) is 8.95. The minimum atomic E-state index is -0.979. The summed E-state index contributed by atoms with van der Waals surface area (Å²) in [6, 6.07) is 14.3. The van der Waals surface area contributed by atoms with Crippen LogP contribution >= 0.6 is 11.6 Å². The van der Waals surface area contributed by atoms with Crippen LogP contribution < -0.4 is 23.8 Å². The van der Waals surface area contributed by atoms with Gasteiger partial charge in [-0.25, -0.2) is 0 Å². The Hall–Kier alpha value is -4.17. The summed E-state index contributed by atoms with van der Waals surface area (Å²) < 4.78 is 21.9. The van der Waals surface area contributed by atoms with Crippen LogP contribution in [0, 0.1) is 6.92 Å². The Kier molecular flexibility index (Phi) is 7.83. The zero-order valence-corrected chi connectivity index (χ0v) is 22.5. The number of amides is 1. The maximum atomic E-state index is 13.6. The molecule has 3 aromatic carbocycles. The average molecular weight is 538 g/mol. The monoisotopic (exact) mass is 537 g/mol. The maximum Gasteiger partial charge on any atom is 0.300 e. The second-order valence-electron chi connectivity index (χ2n) is 8.54. The lowest BCUT2D eigenvalue weighted by atomic mass is 9.94. The molecule has 1 atom stereocenters. The van der Waals surface area contributed by atoms with E-state index in [0.717, 1.165) is 5.56 Å². The first-order valence-corrected chi connectivity index (χ1v) is 12.2. The van der Waals surface area contributed by atoms with Crippen molar-refractivity contribution in [3.05, 3.63) is 81.9 Å². The predicted octanol–water partition coefficient (Wildman–Crippen LogP) is 5.70. The number of nitrogens with zero attached hydrogens (tertiary/aromatic N) is 1. The van der Waals surface area contributed by atoms with Gasteiger partial charge in [-0.05, 0) is 55.3 Å². The van der Waals surface area contributed by atoms with Crippen LogP contribution in [0.5, 0.6) is 23.0 Å². The molecule has 0 radical (unpaired) electrons. The van der Waals surface area contributed by atoms with Gasteiger partial charge in [0.15, 0.2) is 11.5 Å². The SMILES string of the molecule is CCOc1ccc(C2/C(=C(\O)c3cc(OC)c(Cl)cc3OC)C(=O)C(=O)N2c2cccc(C)c2)cc1OC. The lowest BCUT2D eigenvalue weighted by Crippen LogP contribution is -2.29. The highest BCUT2D eigenvalue weighted by Gasteiger charge is 2.47. The molecule has 8 nitrogen and oxygen atoms in total. The normalized spacial score (nSPS) is 16.5. The summed E-state index contributed by atoms with van der Waals surface area (Å²) in [6.45, 7) is 4.17. The number of carbonyl (C=O) groups excluding carboxylic acids is 2. The van der Waals surface area contributed by atoms with Gasteiger partial charge in [0, 0.05) is 11.8 Å². The average Bonchev–Trinajstić information content (AvgIpc) is 3.18. The standard InChI is InChI=1S/C29H28ClNO7/c1-6-38-21-11-10-17(13-24(21)37-5)26-25(27(32)19-14-23(36-4)20(30)15-22(19)35-3)28(33)29(34)31(26)18-9-7-8-16(2)12-18/h7-15,26,32H,6H2,1-5H3/b27-25+. The molecule has 3 aromatic rings. The van der Waals surface area contributed by atoms with E-state index in [2.05, 4.69) is 0 Å². The topological polar surface area (TPSA) is 94.5 Å². The fourth-order valence-corrected chi connectivity index (χ4v) is 4.74. The van der Waals surface area contributed by atoms with Gasteiger partial charge in [0.25, 0.3) is 11.7 Å². The molecule has 0 aliphatic carbocycles. The molecule has 0 saturated carbocycles. The lowest BCUT2D eigenvalue weighted by molar-refractivity contribution is -0.132. The maximum absolute atomic E-state index is 13.6. The van der Waals surface area contributed by atoms with Crippen molar-refractivity contribution in [2.75, 3.05) is 32.8 Å². The highest BCUT2D eigenvalue weighted by Crippen LogP contribution is 2.46. The van der Waals surface area contributed by atoms with Crippen molar-refractivity contribution in [2.45, 2.75) is 19.9 Å². The third kappa shape index (κ3) is 4.75. The van der Waals surface area contributed by atoms with Crippen molar-refractivity contribution < 1.29 is 33.6 Å². The minimum Gasteiger partial charge on any atom is -0.507 e. The Morgan fingerprint density at radius 3 is 2.26 bits per heavy atom. The molecule has 1 aliphatic heterocycles. The number of aliphatic hydroxyl groups is 1. The molecule has 0 aromatic heterocycles. The number of halogens is 1. The number of ketones is 1. The highest BCUT2D eigenvalue weighted by atomic mass is 35.5. The summed E-state index contributed by atoms with van der Waals surface area (Å²) in [5.41, 5.74) is 1.97. The second kappa shape index (κ2) is 11.1. The molecular weight excluding hydrogens is 510 g/mol. The van der Waals surface area contributed by atoms with E-state index in [1.165, 1.54) is 38.4 Å². The number of benzene rings is 3. The summed E-state index contributed by atoms with van der Waals surface area (Å²) >= 11 is 6.26. The van der Waals surface area contributed by atoms with Crippen LogP contribution in [0.4, 0.5) is 5.69 Å². The number of aliphatic hydroxyl groups excluding tert-OH is 1. The summed E-state index contributed by atoms with van der Waals surface area (Å²) in [4.78, 5) is 28.4. The Morgan fingerprint density at radius 2 is 1.63 bits per heavy atom. The molecule has 38 heavy (non-hydrogen) atoms. The smallest absolute Gasteiger partial charge is 0.300 e. The molecule has 1 saturated heterocycles. The number of rotatable bonds is 8. The molecule has 1 N–H and O–H groups in total. The first-order chi connectivity index (χ1) is 18.2.